The molecule has 2 heterocycles. The van der Waals surface area contributed by atoms with Gasteiger partial charge in [0, 0.05) is 12.6 Å². The third kappa shape index (κ3) is 2.94. The molecule has 0 spiro atoms. The Labute approximate surface area is 121 Å². The lowest BCUT2D eigenvalue weighted by Crippen LogP contribution is -2.43. The lowest BCUT2D eigenvalue weighted by molar-refractivity contribution is -0.385. The Bertz CT molecular complexity index is 563. The second-order valence-electron chi connectivity index (χ2n) is 4.87. The molecule has 1 aromatic rings. The van der Waals surface area contributed by atoms with Gasteiger partial charge in [0.15, 0.2) is 0 Å². The van der Waals surface area contributed by atoms with Gasteiger partial charge in [-0.1, -0.05) is 0 Å². The lowest BCUT2D eigenvalue weighted by atomic mass is 10.0. The molecule has 1 aliphatic heterocycles. The topological polar surface area (TPSA) is 106 Å². The van der Waals surface area contributed by atoms with Crippen molar-refractivity contribution in [2.24, 2.45) is 5.92 Å². The van der Waals surface area contributed by atoms with Crippen LogP contribution in [0.3, 0.4) is 0 Å². The smallest absolute Gasteiger partial charge is 0.311 e. The number of pyridine rings is 1. The van der Waals surface area contributed by atoms with E-state index in [0.717, 1.165) is 0 Å². The van der Waals surface area contributed by atoms with Crippen LogP contribution in [0.2, 0.25) is 0 Å². The number of ether oxygens (including phenoxy) is 1. The summed E-state index contributed by atoms with van der Waals surface area (Å²) in [5.41, 5.74) is 0.258. The van der Waals surface area contributed by atoms with E-state index in [4.69, 9.17) is 4.74 Å². The number of rotatable bonds is 5. The number of carboxylic acids is 1. The van der Waals surface area contributed by atoms with E-state index in [1.807, 2.05) is 11.8 Å². The molecule has 2 unspecified atom stereocenters. The summed E-state index contributed by atoms with van der Waals surface area (Å²) < 4.78 is 5.27. The second-order valence-corrected chi connectivity index (χ2v) is 4.87. The van der Waals surface area contributed by atoms with Crippen LogP contribution in [-0.2, 0) is 9.53 Å². The maximum absolute atomic E-state index is 11.3. The minimum Gasteiger partial charge on any atom is -0.481 e. The number of nitro groups is 1. The summed E-state index contributed by atoms with van der Waals surface area (Å²) in [6.07, 6.45) is 0. The van der Waals surface area contributed by atoms with E-state index in [2.05, 4.69) is 4.98 Å². The zero-order valence-electron chi connectivity index (χ0n) is 11.9. The average molecular weight is 295 g/mol. The van der Waals surface area contributed by atoms with Crippen molar-refractivity contribution in [3.8, 4) is 0 Å². The highest BCUT2D eigenvalue weighted by molar-refractivity contribution is 5.72. The quantitative estimate of drug-likeness (QED) is 0.643. The van der Waals surface area contributed by atoms with Crippen molar-refractivity contribution in [2.75, 3.05) is 24.7 Å². The van der Waals surface area contributed by atoms with Gasteiger partial charge < -0.3 is 14.7 Å². The zero-order chi connectivity index (χ0) is 15.6. The summed E-state index contributed by atoms with van der Waals surface area (Å²) in [5, 5.41) is 20.1. The maximum atomic E-state index is 11.3. The van der Waals surface area contributed by atoms with Crippen LogP contribution in [0.15, 0.2) is 12.1 Å². The number of carboxylic acid groups (broad SMARTS) is 1. The Morgan fingerprint density at radius 3 is 2.81 bits per heavy atom. The van der Waals surface area contributed by atoms with Gasteiger partial charge in [-0.2, -0.15) is 0 Å². The predicted molar refractivity (Wildman–Crippen MR) is 74.4 cm³/mol. The fraction of sp³-hybridized carbons (Fsp3) is 0.538. The number of likely N-dealkylation sites (N-methyl/N-ethyl adjacent to an activating group) is 1. The first-order valence-corrected chi connectivity index (χ1v) is 6.65. The van der Waals surface area contributed by atoms with E-state index in [1.54, 1.807) is 13.0 Å². The number of carbonyl (C=O) groups is 1. The molecule has 8 heteroatoms. The fourth-order valence-electron chi connectivity index (χ4n) is 2.55. The molecule has 8 nitrogen and oxygen atoms in total. The molecule has 1 saturated heterocycles. The Balaban J connectivity index is 2.31. The van der Waals surface area contributed by atoms with Crippen molar-refractivity contribution in [1.82, 2.24) is 4.98 Å². The highest BCUT2D eigenvalue weighted by Crippen LogP contribution is 2.27. The van der Waals surface area contributed by atoms with Gasteiger partial charge >= 0.3 is 5.97 Å². The van der Waals surface area contributed by atoms with E-state index in [0.29, 0.717) is 24.7 Å². The maximum Gasteiger partial charge on any atom is 0.311 e. The zero-order valence-corrected chi connectivity index (χ0v) is 11.9. The first-order valence-electron chi connectivity index (χ1n) is 6.65. The van der Waals surface area contributed by atoms with Crippen LogP contribution in [0, 0.1) is 23.0 Å². The predicted octanol–water partition coefficient (Wildman–Crippen LogP) is 1.22. The van der Waals surface area contributed by atoms with Gasteiger partial charge in [0.1, 0.15) is 17.4 Å². The van der Waals surface area contributed by atoms with Crippen molar-refractivity contribution in [3.05, 3.63) is 27.9 Å². The van der Waals surface area contributed by atoms with E-state index < -0.39 is 16.8 Å². The molecule has 1 fully saturated rings. The van der Waals surface area contributed by atoms with Crippen molar-refractivity contribution in [3.63, 3.8) is 0 Å². The average Bonchev–Trinajstić information content (AvgIpc) is 2.88. The highest BCUT2D eigenvalue weighted by atomic mass is 16.6. The van der Waals surface area contributed by atoms with Crippen molar-refractivity contribution >= 4 is 17.5 Å². The molecule has 2 rings (SSSR count). The molecular weight excluding hydrogens is 278 g/mol. The summed E-state index contributed by atoms with van der Waals surface area (Å²) in [5.74, 6) is -1.00. The molecule has 114 valence electrons. The van der Waals surface area contributed by atoms with Gasteiger partial charge in [-0.15, -0.1) is 0 Å². The van der Waals surface area contributed by atoms with Crippen LogP contribution < -0.4 is 4.90 Å². The second kappa shape index (κ2) is 6.04. The van der Waals surface area contributed by atoms with Crippen LogP contribution in [0.5, 0.6) is 0 Å². The molecule has 1 aliphatic rings. The molecule has 2 atom stereocenters. The number of hydrogen-bond donors (Lipinski definition) is 1. The molecule has 0 amide bonds. The monoisotopic (exact) mass is 295 g/mol. The van der Waals surface area contributed by atoms with Crippen LogP contribution in [-0.4, -0.2) is 46.8 Å². The van der Waals surface area contributed by atoms with Crippen LogP contribution >= 0.6 is 0 Å². The van der Waals surface area contributed by atoms with E-state index in [1.165, 1.54) is 6.07 Å². The summed E-state index contributed by atoms with van der Waals surface area (Å²) in [6.45, 7) is 4.47. The third-order valence-electron chi connectivity index (χ3n) is 3.64. The number of nitrogens with zero attached hydrogens (tertiary/aromatic N) is 3. The number of aliphatic carboxylic acids is 1. The molecule has 0 bridgehead atoms. The third-order valence-corrected chi connectivity index (χ3v) is 3.64. The minimum absolute atomic E-state index is 0.0488. The van der Waals surface area contributed by atoms with Crippen molar-refractivity contribution < 1.29 is 19.6 Å². The summed E-state index contributed by atoms with van der Waals surface area (Å²) >= 11 is 0. The van der Waals surface area contributed by atoms with Gasteiger partial charge in [0.05, 0.1) is 24.2 Å². The molecule has 1 N–H and O–H groups in total. The normalized spacial score (nSPS) is 21.2. The standard InChI is InChI=1S/C13H17N3O5/c1-3-15(11-7-21-6-9(11)13(17)18)12-5-4-10(16(19)20)8(2)14-12/h4-5,9,11H,3,6-7H2,1-2H3,(H,17,18). The lowest BCUT2D eigenvalue weighted by Gasteiger charge is -2.30. The Kier molecular flexibility index (Phi) is 4.37. The molecule has 21 heavy (non-hydrogen) atoms. The fourth-order valence-corrected chi connectivity index (χ4v) is 2.55. The van der Waals surface area contributed by atoms with Gasteiger partial charge in [-0.05, 0) is 19.9 Å². The Morgan fingerprint density at radius 1 is 1.57 bits per heavy atom. The van der Waals surface area contributed by atoms with E-state index in [9.17, 15) is 20.0 Å². The largest absolute Gasteiger partial charge is 0.481 e. The molecule has 0 saturated carbocycles. The summed E-state index contributed by atoms with van der Waals surface area (Å²) in [7, 11) is 0. The Morgan fingerprint density at radius 2 is 2.29 bits per heavy atom. The number of aromatic nitrogens is 1. The number of aryl methyl sites for hydroxylation is 1. The first-order chi connectivity index (χ1) is 9.95. The van der Waals surface area contributed by atoms with Crippen LogP contribution in [0.25, 0.3) is 0 Å². The first kappa shape index (κ1) is 15.2. The highest BCUT2D eigenvalue weighted by Gasteiger charge is 2.38. The molecule has 0 aliphatic carbocycles. The SMILES string of the molecule is CCN(c1ccc([N+](=O)[O-])c(C)n1)C1COCC1C(=O)O. The molecule has 0 radical (unpaired) electrons. The van der Waals surface area contributed by atoms with Crippen molar-refractivity contribution in [2.45, 2.75) is 19.9 Å². The molecule has 1 aromatic heterocycles. The van der Waals surface area contributed by atoms with Crippen LogP contribution in [0.4, 0.5) is 11.5 Å². The Hall–Kier alpha value is -2.22. The van der Waals surface area contributed by atoms with E-state index in [-0.39, 0.29) is 18.3 Å². The number of anilines is 1. The van der Waals surface area contributed by atoms with Crippen molar-refractivity contribution in [1.29, 1.82) is 0 Å². The van der Waals surface area contributed by atoms with Gasteiger partial charge in [-0.3, -0.25) is 14.9 Å². The summed E-state index contributed by atoms with van der Waals surface area (Å²) in [4.78, 5) is 27.7. The minimum atomic E-state index is -0.908. The van der Waals surface area contributed by atoms with Gasteiger partial charge in [-0.25, -0.2) is 4.98 Å². The van der Waals surface area contributed by atoms with Crippen LogP contribution in [0.1, 0.15) is 12.6 Å². The summed E-state index contributed by atoms with van der Waals surface area (Å²) in [6, 6.07) is 2.62. The number of hydrogen-bond acceptors (Lipinski definition) is 6. The molecular formula is C13H17N3O5. The van der Waals surface area contributed by atoms with Gasteiger partial charge in [0.25, 0.3) is 5.69 Å². The van der Waals surface area contributed by atoms with E-state index >= 15 is 0 Å². The molecule has 0 aromatic carbocycles. The van der Waals surface area contributed by atoms with Gasteiger partial charge in [0.2, 0.25) is 0 Å².